The third-order valence-corrected chi connectivity index (χ3v) is 15.4. The zero-order chi connectivity index (χ0) is 31.0. The monoisotopic (exact) mass is 603 g/mol. The van der Waals surface area contributed by atoms with E-state index in [1.165, 1.54) is 12.8 Å². The Morgan fingerprint density at radius 1 is 1.00 bits per heavy atom. The molecule has 1 amide bonds. The van der Waals surface area contributed by atoms with Gasteiger partial charge in [-0.1, -0.05) is 34.6 Å². The summed E-state index contributed by atoms with van der Waals surface area (Å²) < 4.78 is 18.4. The van der Waals surface area contributed by atoms with E-state index in [4.69, 9.17) is 14.2 Å². The molecule has 0 aromatic carbocycles. The molecule has 5 aliphatic carbocycles. The summed E-state index contributed by atoms with van der Waals surface area (Å²) in [7, 11) is 0. The van der Waals surface area contributed by atoms with Gasteiger partial charge in [-0.25, -0.2) is 4.79 Å². The van der Waals surface area contributed by atoms with E-state index in [0.29, 0.717) is 44.6 Å². The maximum absolute atomic E-state index is 13.1. The molecule has 2 saturated heterocycles. The fourth-order valence-corrected chi connectivity index (χ4v) is 13.1. The molecule has 8 heteroatoms. The lowest BCUT2D eigenvalue weighted by Gasteiger charge is -2.63. The lowest BCUT2D eigenvalue weighted by molar-refractivity contribution is -0.202. The summed E-state index contributed by atoms with van der Waals surface area (Å²) in [5.74, 6) is 1.45. The SMILES string of the molecule is C[C@@H]1CC(C(O)C(C)(C)O)OC2[C@H]1C1(C)CCC34CC35CCC(OC(=O)N3CCOCC3)C(C)(C)[C@@H]5CCC4[C@]1(C)[C@H]2O. The molecular weight excluding hydrogens is 546 g/mol. The zero-order valence-corrected chi connectivity index (χ0v) is 27.6. The van der Waals surface area contributed by atoms with E-state index in [2.05, 4.69) is 34.6 Å². The number of nitrogens with zero attached hydrogens (tertiary/aromatic N) is 1. The molecule has 0 aromatic heterocycles. The standard InChI is InChI=1S/C35H57NO7/c1-20-18-21(27(37)31(4,5)40)42-26-25(20)32(6)12-13-35-19-34(35)11-10-24(43-29(39)36-14-16-41-17-15-36)30(2,3)22(34)8-9-23(35)33(32,7)28(26)38/h20-28,37-38,40H,8-19H2,1-7H3/t20-,21?,22+,23?,24?,25+,26?,27?,28+,32?,33-,34?,35?/m1/s1. The molecule has 244 valence electrons. The van der Waals surface area contributed by atoms with Crippen molar-refractivity contribution in [1.29, 1.82) is 0 Å². The Morgan fingerprint density at radius 3 is 2.33 bits per heavy atom. The molecule has 2 aliphatic heterocycles. The molecule has 43 heavy (non-hydrogen) atoms. The molecule has 8 unspecified atom stereocenters. The molecule has 13 atom stereocenters. The lowest BCUT2D eigenvalue weighted by Crippen LogP contribution is -2.60. The van der Waals surface area contributed by atoms with Crippen LogP contribution in [0.5, 0.6) is 0 Å². The number of morpholine rings is 1. The molecule has 7 fully saturated rings. The van der Waals surface area contributed by atoms with Gasteiger partial charge < -0.3 is 34.4 Å². The summed E-state index contributed by atoms with van der Waals surface area (Å²) in [5.41, 5.74) is -1.20. The van der Waals surface area contributed by atoms with E-state index in [1.807, 2.05) is 0 Å². The molecule has 0 radical (unpaired) electrons. The van der Waals surface area contributed by atoms with Gasteiger partial charge in [0.15, 0.2) is 0 Å². The van der Waals surface area contributed by atoms with Crippen LogP contribution in [-0.4, -0.2) is 88.7 Å². The largest absolute Gasteiger partial charge is 0.446 e. The van der Waals surface area contributed by atoms with Gasteiger partial charge in [0.1, 0.15) is 12.2 Å². The van der Waals surface area contributed by atoms with E-state index >= 15 is 0 Å². The van der Waals surface area contributed by atoms with Gasteiger partial charge in [-0.3, -0.25) is 0 Å². The summed E-state index contributed by atoms with van der Waals surface area (Å²) in [5, 5.41) is 33.9. The normalized spacial score (nSPS) is 52.6. The molecule has 0 aromatic rings. The first-order chi connectivity index (χ1) is 20.0. The molecule has 8 nitrogen and oxygen atoms in total. The van der Waals surface area contributed by atoms with E-state index in [0.717, 1.165) is 32.1 Å². The molecule has 2 heterocycles. The fraction of sp³-hybridized carbons (Fsp3) is 0.971. The first kappa shape index (κ1) is 30.7. The summed E-state index contributed by atoms with van der Waals surface area (Å²) in [6.07, 6.45) is 5.77. The summed E-state index contributed by atoms with van der Waals surface area (Å²) >= 11 is 0. The van der Waals surface area contributed by atoms with Crippen molar-refractivity contribution in [1.82, 2.24) is 4.90 Å². The van der Waals surface area contributed by atoms with Crippen molar-refractivity contribution in [2.45, 2.75) is 136 Å². The topological polar surface area (TPSA) is 109 Å². The predicted octanol–water partition coefficient (Wildman–Crippen LogP) is 4.77. The van der Waals surface area contributed by atoms with Crippen molar-refractivity contribution >= 4 is 6.09 Å². The molecular formula is C35H57NO7. The lowest BCUT2D eigenvalue weighted by atomic mass is 9.41. The van der Waals surface area contributed by atoms with Crippen molar-refractivity contribution in [3.8, 4) is 0 Å². The summed E-state index contributed by atoms with van der Waals surface area (Å²) in [6, 6.07) is 0. The van der Waals surface area contributed by atoms with Crippen molar-refractivity contribution in [2.24, 2.45) is 50.7 Å². The van der Waals surface area contributed by atoms with Crippen LogP contribution in [0, 0.1) is 50.7 Å². The number of aliphatic hydroxyl groups is 3. The zero-order valence-electron chi connectivity index (χ0n) is 27.6. The second-order valence-electron chi connectivity index (χ2n) is 17.6. The van der Waals surface area contributed by atoms with E-state index in [-0.39, 0.29) is 57.2 Å². The van der Waals surface area contributed by atoms with Crippen LogP contribution >= 0.6 is 0 Å². The second kappa shape index (κ2) is 9.56. The van der Waals surface area contributed by atoms with Gasteiger partial charge in [-0.15, -0.1) is 0 Å². The van der Waals surface area contributed by atoms with Gasteiger partial charge >= 0.3 is 6.09 Å². The van der Waals surface area contributed by atoms with E-state index in [1.54, 1.807) is 18.7 Å². The first-order valence-corrected chi connectivity index (χ1v) is 17.3. The van der Waals surface area contributed by atoms with Crippen LogP contribution in [0.25, 0.3) is 0 Å². The minimum Gasteiger partial charge on any atom is -0.446 e. The molecule has 0 bridgehead atoms. The number of hydrogen-bond acceptors (Lipinski definition) is 7. The highest BCUT2D eigenvalue weighted by atomic mass is 16.6. The highest BCUT2D eigenvalue weighted by Crippen LogP contribution is 2.89. The minimum absolute atomic E-state index is 0.0475. The smallest absolute Gasteiger partial charge is 0.410 e. The Bertz CT molecular complexity index is 1130. The Kier molecular flexibility index (Phi) is 6.82. The molecule has 3 N–H and O–H groups in total. The maximum Gasteiger partial charge on any atom is 0.410 e. The number of aliphatic hydroxyl groups excluding tert-OH is 2. The Hall–Kier alpha value is -0.930. The van der Waals surface area contributed by atoms with Gasteiger partial charge in [-0.05, 0) is 105 Å². The molecule has 7 aliphatic rings. The van der Waals surface area contributed by atoms with Crippen LogP contribution in [0.15, 0.2) is 0 Å². The number of carbonyl (C=O) groups excluding carboxylic acids is 1. The number of fused-ring (bicyclic) bond motifs is 4. The number of carbonyl (C=O) groups is 1. The number of hydrogen-bond donors (Lipinski definition) is 3. The van der Waals surface area contributed by atoms with E-state index < -0.39 is 23.9 Å². The Morgan fingerprint density at radius 2 is 1.65 bits per heavy atom. The second-order valence-corrected chi connectivity index (χ2v) is 17.6. The quantitative estimate of drug-likeness (QED) is 0.427. The van der Waals surface area contributed by atoms with Crippen LogP contribution in [0.1, 0.15) is 99.8 Å². The first-order valence-electron chi connectivity index (χ1n) is 17.3. The molecule has 2 spiro atoms. The average molecular weight is 604 g/mol. The van der Waals surface area contributed by atoms with Crippen molar-refractivity contribution < 1.29 is 34.3 Å². The Labute approximate surface area is 258 Å². The van der Waals surface area contributed by atoms with Crippen LogP contribution in [0.4, 0.5) is 4.79 Å². The van der Waals surface area contributed by atoms with Crippen molar-refractivity contribution in [3.05, 3.63) is 0 Å². The maximum atomic E-state index is 13.1. The van der Waals surface area contributed by atoms with Gasteiger partial charge in [-0.2, -0.15) is 0 Å². The molecule has 5 saturated carbocycles. The highest BCUT2D eigenvalue weighted by molar-refractivity contribution is 5.68. The molecule has 7 rings (SSSR count). The summed E-state index contributed by atoms with van der Waals surface area (Å²) in [4.78, 5) is 14.9. The van der Waals surface area contributed by atoms with Gasteiger partial charge in [0, 0.05) is 23.9 Å². The third-order valence-electron chi connectivity index (χ3n) is 15.4. The summed E-state index contributed by atoms with van der Waals surface area (Å²) in [6.45, 7) is 17.4. The number of rotatable bonds is 3. The minimum atomic E-state index is -1.26. The van der Waals surface area contributed by atoms with Crippen LogP contribution in [-0.2, 0) is 14.2 Å². The van der Waals surface area contributed by atoms with Crippen LogP contribution in [0.2, 0.25) is 0 Å². The van der Waals surface area contributed by atoms with Crippen molar-refractivity contribution in [2.75, 3.05) is 26.3 Å². The van der Waals surface area contributed by atoms with Crippen molar-refractivity contribution in [3.63, 3.8) is 0 Å². The Balaban J connectivity index is 1.14. The van der Waals surface area contributed by atoms with Gasteiger partial charge in [0.2, 0.25) is 0 Å². The third kappa shape index (κ3) is 3.88. The van der Waals surface area contributed by atoms with Gasteiger partial charge in [0.25, 0.3) is 0 Å². The number of amides is 1. The number of ether oxygens (including phenoxy) is 3. The predicted molar refractivity (Wildman–Crippen MR) is 161 cm³/mol. The fourth-order valence-electron chi connectivity index (χ4n) is 13.1. The van der Waals surface area contributed by atoms with E-state index in [9.17, 15) is 20.1 Å². The van der Waals surface area contributed by atoms with Gasteiger partial charge in [0.05, 0.1) is 37.1 Å². The van der Waals surface area contributed by atoms with Crippen LogP contribution in [0.3, 0.4) is 0 Å². The van der Waals surface area contributed by atoms with Crippen LogP contribution < -0.4 is 0 Å². The highest BCUT2D eigenvalue weighted by Gasteiger charge is 2.84. The average Bonchev–Trinajstić information content (AvgIpc) is 3.58.